The fourth-order valence-electron chi connectivity index (χ4n) is 1.04. The summed E-state index contributed by atoms with van der Waals surface area (Å²) in [4.78, 5) is 0. The van der Waals surface area contributed by atoms with Gasteiger partial charge in [0.1, 0.15) is 5.75 Å². The number of benzene rings is 1. The van der Waals surface area contributed by atoms with E-state index in [0.717, 1.165) is 17.9 Å². The average Bonchev–Trinajstić information content (AvgIpc) is 2.19. The summed E-state index contributed by atoms with van der Waals surface area (Å²) in [5.74, 6) is 1.79. The van der Waals surface area contributed by atoms with E-state index in [-0.39, 0.29) is 0 Å². The van der Waals surface area contributed by atoms with Crippen LogP contribution in [0.5, 0.6) is 5.75 Å². The van der Waals surface area contributed by atoms with E-state index in [1.54, 1.807) is 7.11 Å². The molecule has 0 atom stereocenters. The van der Waals surface area contributed by atoms with Gasteiger partial charge in [-0.2, -0.15) is 12.6 Å². The largest absolute Gasteiger partial charge is 0.497 e. The molecule has 70 valence electrons. The van der Waals surface area contributed by atoms with Crippen molar-refractivity contribution in [1.82, 2.24) is 0 Å². The van der Waals surface area contributed by atoms with Crippen LogP contribution in [0.3, 0.4) is 0 Å². The van der Waals surface area contributed by atoms with Crippen LogP contribution >= 0.6 is 12.6 Å². The summed E-state index contributed by atoms with van der Waals surface area (Å²) >= 11 is 4.13. The number of rotatable bonds is 4. The predicted molar refractivity (Wildman–Crippen MR) is 60.5 cm³/mol. The Balaban J connectivity index is 2.66. The SMILES string of the molecule is COc1cccc(C=CCCS)c1. The van der Waals surface area contributed by atoms with Crippen LogP contribution in [-0.2, 0) is 0 Å². The molecule has 0 heterocycles. The Morgan fingerprint density at radius 3 is 3.00 bits per heavy atom. The van der Waals surface area contributed by atoms with Gasteiger partial charge in [-0.1, -0.05) is 24.3 Å². The van der Waals surface area contributed by atoms with E-state index in [4.69, 9.17) is 4.74 Å². The van der Waals surface area contributed by atoms with Gasteiger partial charge in [-0.15, -0.1) is 0 Å². The van der Waals surface area contributed by atoms with Crippen LogP contribution in [0.15, 0.2) is 30.3 Å². The highest BCUT2D eigenvalue weighted by atomic mass is 32.1. The van der Waals surface area contributed by atoms with Crippen LogP contribution in [0.2, 0.25) is 0 Å². The molecule has 2 heteroatoms. The summed E-state index contributed by atoms with van der Waals surface area (Å²) in [6.45, 7) is 0. The third kappa shape index (κ3) is 3.55. The van der Waals surface area contributed by atoms with E-state index in [9.17, 15) is 0 Å². The Morgan fingerprint density at radius 2 is 2.31 bits per heavy atom. The minimum Gasteiger partial charge on any atom is -0.497 e. The van der Waals surface area contributed by atoms with Crippen molar-refractivity contribution in [2.45, 2.75) is 6.42 Å². The lowest BCUT2D eigenvalue weighted by Crippen LogP contribution is -1.82. The van der Waals surface area contributed by atoms with Crippen LogP contribution in [0, 0.1) is 0 Å². The zero-order chi connectivity index (χ0) is 9.52. The molecular weight excluding hydrogens is 180 g/mol. The molecule has 0 fully saturated rings. The van der Waals surface area contributed by atoms with Crippen molar-refractivity contribution in [2.24, 2.45) is 0 Å². The molecule has 0 bridgehead atoms. The van der Waals surface area contributed by atoms with Crippen LogP contribution in [0.4, 0.5) is 0 Å². The van der Waals surface area contributed by atoms with Gasteiger partial charge in [0, 0.05) is 0 Å². The smallest absolute Gasteiger partial charge is 0.119 e. The molecule has 0 saturated carbocycles. The zero-order valence-electron chi connectivity index (χ0n) is 7.73. The van der Waals surface area contributed by atoms with Gasteiger partial charge in [-0.3, -0.25) is 0 Å². The van der Waals surface area contributed by atoms with Crippen LogP contribution in [0.1, 0.15) is 12.0 Å². The van der Waals surface area contributed by atoms with E-state index in [1.807, 2.05) is 18.2 Å². The molecule has 0 unspecified atom stereocenters. The summed E-state index contributed by atoms with van der Waals surface area (Å²) in [5, 5.41) is 0. The molecule has 0 amide bonds. The van der Waals surface area contributed by atoms with E-state index in [0.29, 0.717) is 0 Å². The first-order valence-electron chi connectivity index (χ1n) is 4.28. The molecule has 0 N–H and O–H groups in total. The normalized spacial score (nSPS) is 10.6. The minimum absolute atomic E-state index is 0.889. The summed E-state index contributed by atoms with van der Waals surface area (Å²) < 4.78 is 5.11. The van der Waals surface area contributed by atoms with Crippen LogP contribution in [-0.4, -0.2) is 12.9 Å². The number of hydrogen-bond acceptors (Lipinski definition) is 2. The quantitative estimate of drug-likeness (QED) is 0.725. The zero-order valence-corrected chi connectivity index (χ0v) is 8.63. The third-order valence-electron chi connectivity index (χ3n) is 1.70. The summed E-state index contributed by atoms with van der Waals surface area (Å²) in [5.41, 5.74) is 1.17. The molecule has 0 spiro atoms. The number of allylic oxidation sites excluding steroid dienone is 1. The highest BCUT2D eigenvalue weighted by molar-refractivity contribution is 7.80. The number of ether oxygens (including phenoxy) is 1. The highest BCUT2D eigenvalue weighted by Gasteiger charge is 1.90. The van der Waals surface area contributed by atoms with Gasteiger partial charge in [0.2, 0.25) is 0 Å². The summed E-state index contributed by atoms with van der Waals surface area (Å²) in [6, 6.07) is 7.99. The van der Waals surface area contributed by atoms with Crippen molar-refractivity contribution in [2.75, 3.05) is 12.9 Å². The molecule has 0 radical (unpaired) electrons. The lowest BCUT2D eigenvalue weighted by atomic mass is 10.2. The van der Waals surface area contributed by atoms with Crippen molar-refractivity contribution < 1.29 is 4.74 Å². The Bertz CT molecular complexity index is 281. The van der Waals surface area contributed by atoms with Crippen molar-refractivity contribution in [3.63, 3.8) is 0 Å². The number of thiol groups is 1. The molecule has 13 heavy (non-hydrogen) atoms. The second-order valence-electron chi connectivity index (χ2n) is 2.69. The molecule has 1 aromatic carbocycles. The van der Waals surface area contributed by atoms with Crippen LogP contribution < -0.4 is 4.74 Å². The van der Waals surface area contributed by atoms with Gasteiger partial charge in [-0.25, -0.2) is 0 Å². The Labute approximate surface area is 84.8 Å². The lowest BCUT2D eigenvalue weighted by Gasteiger charge is -1.99. The van der Waals surface area contributed by atoms with Crippen molar-refractivity contribution >= 4 is 18.7 Å². The van der Waals surface area contributed by atoms with Gasteiger partial charge in [0.05, 0.1) is 7.11 Å². The second-order valence-corrected chi connectivity index (χ2v) is 3.14. The number of hydrogen-bond donors (Lipinski definition) is 1. The molecule has 0 aromatic heterocycles. The first-order chi connectivity index (χ1) is 6.36. The number of methoxy groups -OCH3 is 1. The monoisotopic (exact) mass is 194 g/mol. The van der Waals surface area contributed by atoms with E-state index < -0.39 is 0 Å². The van der Waals surface area contributed by atoms with Crippen molar-refractivity contribution in [3.05, 3.63) is 35.9 Å². The summed E-state index contributed by atoms with van der Waals surface area (Å²) in [7, 11) is 1.68. The average molecular weight is 194 g/mol. The first-order valence-corrected chi connectivity index (χ1v) is 4.91. The van der Waals surface area contributed by atoms with Crippen molar-refractivity contribution in [3.8, 4) is 5.75 Å². The van der Waals surface area contributed by atoms with E-state index in [1.165, 1.54) is 5.56 Å². The van der Waals surface area contributed by atoms with Crippen LogP contribution in [0.25, 0.3) is 6.08 Å². The van der Waals surface area contributed by atoms with E-state index >= 15 is 0 Å². The lowest BCUT2D eigenvalue weighted by molar-refractivity contribution is 0.414. The molecule has 0 aliphatic carbocycles. The molecule has 1 nitrogen and oxygen atoms in total. The maximum Gasteiger partial charge on any atom is 0.119 e. The minimum atomic E-state index is 0.889. The molecular formula is C11H14OS. The molecule has 0 saturated heterocycles. The van der Waals surface area contributed by atoms with E-state index in [2.05, 4.69) is 30.8 Å². The van der Waals surface area contributed by atoms with Gasteiger partial charge in [-0.05, 0) is 29.9 Å². The highest BCUT2D eigenvalue weighted by Crippen LogP contribution is 2.13. The molecule has 0 aliphatic rings. The first kappa shape index (κ1) is 10.2. The molecule has 1 rings (SSSR count). The second kappa shape index (κ2) is 5.70. The molecule has 0 aliphatic heterocycles. The third-order valence-corrected chi connectivity index (χ3v) is 1.96. The van der Waals surface area contributed by atoms with Gasteiger partial charge < -0.3 is 4.74 Å². The molecule has 1 aromatic rings. The topological polar surface area (TPSA) is 9.23 Å². The maximum absolute atomic E-state index is 5.11. The fraction of sp³-hybridized carbons (Fsp3) is 0.273. The van der Waals surface area contributed by atoms with Crippen molar-refractivity contribution in [1.29, 1.82) is 0 Å². The fourth-order valence-corrected chi connectivity index (χ4v) is 1.19. The standard InChI is InChI=1S/C11H14OS/c1-12-11-7-4-6-10(9-11)5-2-3-8-13/h2,4-7,9,13H,3,8H2,1H3. The maximum atomic E-state index is 5.11. The van der Waals surface area contributed by atoms with Gasteiger partial charge in [0.25, 0.3) is 0 Å². The Kier molecular flexibility index (Phi) is 4.47. The van der Waals surface area contributed by atoms with Gasteiger partial charge >= 0.3 is 0 Å². The predicted octanol–water partition coefficient (Wildman–Crippen LogP) is 3.03. The van der Waals surface area contributed by atoms with Gasteiger partial charge in [0.15, 0.2) is 0 Å². The summed E-state index contributed by atoms with van der Waals surface area (Å²) in [6.07, 6.45) is 5.20. The Morgan fingerprint density at radius 1 is 1.46 bits per heavy atom. The Hall–Kier alpha value is -0.890.